The number of likely N-dealkylation sites (N-methyl/N-ethyl adjacent to an activating group) is 1. The minimum absolute atomic E-state index is 0.277. The fourth-order valence-corrected chi connectivity index (χ4v) is 4.92. The number of rotatable bonds is 4. The molecule has 2 rings (SSSR count). The smallest absolute Gasteiger partial charge is 0.0360 e. The van der Waals surface area contributed by atoms with Gasteiger partial charge in [0.2, 0.25) is 0 Å². The molecule has 2 atom stereocenters. The molecule has 0 radical (unpaired) electrons. The Labute approximate surface area is 120 Å². The fraction of sp³-hybridized carbons (Fsp3) is 1.00. The molecule has 0 aromatic rings. The van der Waals surface area contributed by atoms with Gasteiger partial charge in [-0.2, -0.15) is 0 Å². The van der Waals surface area contributed by atoms with Crippen molar-refractivity contribution in [3.8, 4) is 0 Å². The van der Waals surface area contributed by atoms with Crippen LogP contribution in [0.25, 0.3) is 0 Å². The third-order valence-electron chi connectivity index (χ3n) is 6.04. The third-order valence-corrected chi connectivity index (χ3v) is 6.04. The second kappa shape index (κ2) is 5.73. The SMILES string of the molecule is CCN(C1CCCC1)C1(CN)CCC(C)(C)CC1C. The van der Waals surface area contributed by atoms with E-state index in [4.69, 9.17) is 5.73 Å². The van der Waals surface area contributed by atoms with E-state index in [1.54, 1.807) is 0 Å². The molecule has 0 aromatic heterocycles. The largest absolute Gasteiger partial charge is 0.329 e. The molecule has 2 heteroatoms. The van der Waals surface area contributed by atoms with Crippen molar-refractivity contribution in [2.75, 3.05) is 13.1 Å². The Morgan fingerprint density at radius 3 is 2.26 bits per heavy atom. The molecule has 0 amide bonds. The summed E-state index contributed by atoms with van der Waals surface area (Å²) in [6, 6.07) is 0.803. The van der Waals surface area contributed by atoms with Gasteiger partial charge in [0.15, 0.2) is 0 Å². The summed E-state index contributed by atoms with van der Waals surface area (Å²) in [6.07, 6.45) is 9.58. The van der Waals surface area contributed by atoms with E-state index in [0.717, 1.165) is 18.5 Å². The highest BCUT2D eigenvalue weighted by Gasteiger charge is 2.48. The Morgan fingerprint density at radius 2 is 1.79 bits per heavy atom. The lowest BCUT2D eigenvalue weighted by atomic mass is 9.62. The zero-order valence-corrected chi connectivity index (χ0v) is 13.5. The maximum atomic E-state index is 6.32. The first-order valence-corrected chi connectivity index (χ1v) is 8.42. The lowest BCUT2D eigenvalue weighted by molar-refractivity contribution is -0.0425. The maximum absolute atomic E-state index is 6.32. The van der Waals surface area contributed by atoms with E-state index in [0.29, 0.717) is 5.41 Å². The number of nitrogens with two attached hydrogens (primary N) is 1. The Balaban J connectivity index is 2.20. The average molecular weight is 266 g/mol. The molecule has 2 nitrogen and oxygen atoms in total. The summed E-state index contributed by atoms with van der Waals surface area (Å²) in [7, 11) is 0. The predicted molar refractivity (Wildman–Crippen MR) is 83.2 cm³/mol. The molecule has 0 saturated heterocycles. The summed E-state index contributed by atoms with van der Waals surface area (Å²) in [6.45, 7) is 11.7. The van der Waals surface area contributed by atoms with Crippen molar-refractivity contribution in [2.24, 2.45) is 17.1 Å². The van der Waals surface area contributed by atoms with Crippen LogP contribution < -0.4 is 5.73 Å². The van der Waals surface area contributed by atoms with E-state index in [1.165, 1.54) is 51.5 Å². The van der Waals surface area contributed by atoms with E-state index in [1.807, 2.05) is 0 Å². The average Bonchev–Trinajstić information content (AvgIpc) is 2.86. The minimum atomic E-state index is 0.277. The molecule has 2 fully saturated rings. The molecule has 2 saturated carbocycles. The van der Waals surface area contributed by atoms with Crippen LogP contribution in [0.4, 0.5) is 0 Å². The van der Waals surface area contributed by atoms with Gasteiger partial charge in [-0.15, -0.1) is 0 Å². The quantitative estimate of drug-likeness (QED) is 0.838. The zero-order chi connectivity index (χ0) is 14.1. The van der Waals surface area contributed by atoms with Gasteiger partial charge in [0.05, 0.1) is 0 Å². The van der Waals surface area contributed by atoms with Crippen LogP contribution in [0.5, 0.6) is 0 Å². The second-order valence-corrected chi connectivity index (χ2v) is 7.80. The zero-order valence-electron chi connectivity index (χ0n) is 13.5. The maximum Gasteiger partial charge on any atom is 0.0360 e. The standard InChI is InChI=1S/C17H34N2/c1-5-19(15-8-6-7-9-15)17(13-18)11-10-16(3,4)12-14(17)2/h14-15H,5-13,18H2,1-4H3. The first-order chi connectivity index (χ1) is 8.95. The van der Waals surface area contributed by atoms with Gasteiger partial charge in [0.25, 0.3) is 0 Å². The van der Waals surface area contributed by atoms with Gasteiger partial charge in [-0.05, 0) is 50.0 Å². The van der Waals surface area contributed by atoms with Crippen LogP contribution in [0.15, 0.2) is 0 Å². The number of hydrogen-bond donors (Lipinski definition) is 1. The topological polar surface area (TPSA) is 29.3 Å². The van der Waals surface area contributed by atoms with Crippen molar-refractivity contribution in [1.29, 1.82) is 0 Å². The molecule has 112 valence electrons. The second-order valence-electron chi connectivity index (χ2n) is 7.80. The van der Waals surface area contributed by atoms with Gasteiger partial charge in [-0.25, -0.2) is 0 Å². The van der Waals surface area contributed by atoms with Crippen molar-refractivity contribution in [3.63, 3.8) is 0 Å². The van der Waals surface area contributed by atoms with Gasteiger partial charge in [0, 0.05) is 18.1 Å². The normalized spacial score (nSPS) is 36.0. The van der Waals surface area contributed by atoms with Crippen LogP contribution in [0.1, 0.15) is 72.6 Å². The molecule has 2 aliphatic rings. The molecule has 0 heterocycles. The predicted octanol–water partition coefficient (Wildman–Crippen LogP) is 3.79. The lowest BCUT2D eigenvalue weighted by Gasteiger charge is -2.55. The van der Waals surface area contributed by atoms with Crippen molar-refractivity contribution in [3.05, 3.63) is 0 Å². The Kier molecular flexibility index (Phi) is 4.62. The van der Waals surface area contributed by atoms with E-state index in [9.17, 15) is 0 Å². The highest BCUT2D eigenvalue weighted by atomic mass is 15.2. The van der Waals surface area contributed by atoms with Crippen LogP contribution in [0, 0.1) is 11.3 Å². The Morgan fingerprint density at radius 1 is 1.16 bits per heavy atom. The van der Waals surface area contributed by atoms with Gasteiger partial charge in [-0.3, -0.25) is 4.90 Å². The monoisotopic (exact) mass is 266 g/mol. The summed E-state index contributed by atoms with van der Waals surface area (Å²) in [4.78, 5) is 2.81. The van der Waals surface area contributed by atoms with Crippen LogP contribution in [-0.4, -0.2) is 29.6 Å². The van der Waals surface area contributed by atoms with Crippen LogP contribution in [0.3, 0.4) is 0 Å². The van der Waals surface area contributed by atoms with E-state index >= 15 is 0 Å². The number of hydrogen-bond acceptors (Lipinski definition) is 2. The minimum Gasteiger partial charge on any atom is -0.329 e. The molecule has 2 aliphatic carbocycles. The van der Waals surface area contributed by atoms with Crippen molar-refractivity contribution >= 4 is 0 Å². The summed E-state index contributed by atoms with van der Waals surface area (Å²) >= 11 is 0. The van der Waals surface area contributed by atoms with E-state index in [-0.39, 0.29) is 5.54 Å². The van der Waals surface area contributed by atoms with Crippen LogP contribution in [0.2, 0.25) is 0 Å². The molecule has 0 spiro atoms. The Hall–Kier alpha value is -0.0800. The molecule has 2 unspecified atom stereocenters. The Bertz CT molecular complexity index is 294. The molecule has 0 bridgehead atoms. The third kappa shape index (κ3) is 2.85. The summed E-state index contributed by atoms with van der Waals surface area (Å²) in [5, 5.41) is 0. The highest BCUT2D eigenvalue weighted by Crippen LogP contribution is 2.47. The summed E-state index contributed by atoms with van der Waals surface area (Å²) in [5.74, 6) is 0.724. The van der Waals surface area contributed by atoms with Gasteiger partial charge < -0.3 is 5.73 Å². The van der Waals surface area contributed by atoms with Crippen LogP contribution in [-0.2, 0) is 0 Å². The van der Waals surface area contributed by atoms with E-state index in [2.05, 4.69) is 32.6 Å². The molecular formula is C17H34N2. The van der Waals surface area contributed by atoms with Gasteiger partial charge in [0.1, 0.15) is 0 Å². The van der Waals surface area contributed by atoms with E-state index < -0.39 is 0 Å². The highest BCUT2D eigenvalue weighted by molar-refractivity contribution is 5.03. The van der Waals surface area contributed by atoms with Gasteiger partial charge >= 0.3 is 0 Å². The molecule has 0 aromatic carbocycles. The van der Waals surface area contributed by atoms with Crippen molar-refractivity contribution < 1.29 is 0 Å². The molecular weight excluding hydrogens is 232 g/mol. The first kappa shape index (κ1) is 15.3. The van der Waals surface area contributed by atoms with Crippen LogP contribution >= 0.6 is 0 Å². The number of nitrogens with zero attached hydrogens (tertiary/aromatic N) is 1. The summed E-state index contributed by atoms with van der Waals surface area (Å²) in [5.41, 5.74) is 7.10. The lowest BCUT2D eigenvalue weighted by Crippen LogP contribution is -2.63. The molecule has 0 aliphatic heterocycles. The fourth-order valence-electron chi connectivity index (χ4n) is 4.92. The van der Waals surface area contributed by atoms with Crippen molar-refractivity contribution in [1.82, 2.24) is 4.90 Å². The first-order valence-electron chi connectivity index (χ1n) is 8.42. The van der Waals surface area contributed by atoms with Crippen molar-refractivity contribution in [2.45, 2.75) is 84.2 Å². The molecule has 19 heavy (non-hydrogen) atoms. The molecule has 2 N–H and O–H groups in total. The summed E-state index contributed by atoms with van der Waals surface area (Å²) < 4.78 is 0. The van der Waals surface area contributed by atoms with Gasteiger partial charge in [-0.1, -0.05) is 40.5 Å².